The number of ether oxygens (including phenoxy) is 1. The van der Waals surface area contributed by atoms with Gasteiger partial charge < -0.3 is 15.4 Å². The molecule has 4 nitrogen and oxygen atoms in total. The van der Waals surface area contributed by atoms with Crippen LogP contribution in [0.25, 0.3) is 0 Å². The Morgan fingerprint density at radius 1 is 1.44 bits per heavy atom. The Hall–Kier alpha value is -1.20. The van der Waals surface area contributed by atoms with Crippen LogP contribution in [-0.2, 0) is 4.74 Å². The fourth-order valence-corrected chi connectivity index (χ4v) is 2.27. The molecule has 98 valence electrons. The maximum atomic E-state index is 11.6. The third kappa shape index (κ3) is 3.92. The maximum absolute atomic E-state index is 11.6. The monoisotopic (exact) mass is 266 g/mol. The van der Waals surface area contributed by atoms with Gasteiger partial charge in [0.05, 0.1) is 6.10 Å². The van der Waals surface area contributed by atoms with Crippen molar-refractivity contribution in [2.45, 2.75) is 23.8 Å². The molecule has 0 aliphatic carbocycles. The number of benzene rings is 1. The Balaban J connectivity index is 1.75. The topological polar surface area (TPSA) is 50.4 Å². The highest BCUT2D eigenvalue weighted by atomic mass is 32.2. The van der Waals surface area contributed by atoms with Gasteiger partial charge in [0.25, 0.3) is 0 Å². The van der Waals surface area contributed by atoms with Crippen molar-refractivity contribution in [3.05, 3.63) is 24.3 Å². The van der Waals surface area contributed by atoms with Crippen LogP contribution in [0.15, 0.2) is 29.2 Å². The minimum absolute atomic E-state index is 0.176. The van der Waals surface area contributed by atoms with E-state index in [4.69, 9.17) is 4.74 Å². The molecule has 5 heteroatoms. The molecule has 1 aliphatic heterocycles. The van der Waals surface area contributed by atoms with E-state index in [0.29, 0.717) is 6.54 Å². The van der Waals surface area contributed by atoms with Crippen LogP contribution in [-0.4, -0.2) is 31.5 Å². The number of nitrogens with one attached hydrogen (secondary N) is 2. The molecule has 2 rings (SSSR count). The van der Waals surface area contributed by atoms with Gasteiger partial charge in [0, 0.05) is 23.7 Å². The maximum Gasteiger partial charge on any atom is 0.319 e. The number of thioether (sulfide) groups is 1. The van der Waals surface area contributed by atoms with E-state index in [2.05, 4.69) is 10.6 Å². The van der Waals surface area contributed by atoms with Gasteiger partial charge in [-0.05, 0) is 43.4 Å². The number of carbonyl (C=O) groups is 1. The predicted octanol–water partition coefficient (Wildman–Crippen LogP) is 2.71. The zero-order chi connectivity index (χ0) is 12.8. The molecule has 0 spiro atoms. The molecule has 2 N–H and O–H groups in total. The Morgan fingerprint density at radius 2 is 2.22 bits per heavy atom. The smallest absolute Gasteiger partial charge is 0.319 e. The Bertz CT molecular complexity index is 388. The van der Waals surface area contributed by atoms with Gasteiger partial charge in [0.2, 0.25) is 0 Å². The molecule has 0 saturated carbocycles. The second kappa shape index (κ2) is 6.66. The first-order valence-corrected chi connectivity index (χ1v) is 7.31. The van der Waals surface area contributed by atoms with E-state index in [-0.39, 0.29) is 12.1 Å². The summed E-state index contributed by atoms with van der Waals surface area (Å²) < 4.78 is 5.44. The Kier molecular flexibility index (Phi) is 4.90. The summed E-state index contributed by atoms with van der Waals surface area (Å²) in [5, 5.41) is 5.62. The van der Waals surface area contributed by atoms with Crippen molar-refractivity contribution in [2.75, 3.05) is 24.7 Å². The minimum Gasteiger partial charge on any atom is -0.376 e. The molecule has 1 aromatic carbocycles. The van der Waals surface area contributed by atoms with Crippen LogP contribution in [0.3, 0.4) is 0 Å². The van der Waals surface area contributed by atoms with E-state index in [0.717, 1.165) is 25.1 Å². The molecule has 0 aromatic heterocycles. The fraction of sp³-hybridized carbons (Fsp3) is 0.462. The van der Waals surface area contributed by atoms with Crippen molar-refractivity contribution in [2.24, 2.45) is 0 Å². The van der Waals surface area contributed by atoms with Gasteiger partial charge in [-0.2, -0.15) is 0 Å². The highest BCUT2D eigenvalue weighted by Crippen LogP contribution is 2.17. The molecule has 0 radical (unpaired) electrons. The summed E-state index contributed by atoms with van der Waals surface area (Å²) in [6.45, 7) is 1.39. The lowest BCUT2D eigenvalue weighted by Crippen LogP contribution is -2.34. The first kappa shape index (κ1) is 13.2. The summed E-state index contributed by atoms with van der Waals surface area (Å²) in [7, 11) is 0. The van der Waals surface area contributed by atoms with E-state index in [9.17, 15) is 4.79 Å². The summed E-state index contributed by atoms with van der Waals surface area (Å²) >= 11 is 1.68. The molecule has 1 saturated heterocycles. The third-order valence-corrected chi connectivity index (χ3v) is 3.61. The molecular formula is C13H18N2O2S. The molecule has 1 aromatic rings. The minimum atomic E-state index is -0.178. The zero-order valence-corrected chi connectivity index (χ0v) is 11.3. The molecule has 0 unspecified atom stereocenters. The van der Waals surface area contributed by atoms with Gasteiger partial charge in [-0.3, -0.25) is 0 Å². The second-order valence-electron chi connectivity index (χ2n) is 4.20. The molecule has 1 atom stereocenters. The molecule has 2 amide bonds. The average molecular weight is 266 g/mol. The third-order valence-electron chi connectivity index (χ3n) is 2.86. The van der Waals surface area contributed by atoms with Gasteiger partial charge in [-0.25, -0.2) is 4.79 Å². The number of hydrogen-bond donors (Lipinski definition) is 2. The summed E-state index contributed by atoms with van der Waals surface area (Å²) in [5.74, 6) is 0. The molecule has 1 heterocycles. The van der Waals surface area contributed by atoms with Crippen LogP contribution in [0.4, 0.5) is 10.5 Å². The van der Waals surface area contributed by atoms with Crippen molar-refractivity contribution in [1.82, 2.24) is 5.32 Å². The number of urea groups is 1. The van der Waals surface area contributed by atoms with E-state index < -0.39 is 0 Å². The lowest BCUT2D eigenvalue weighted by molar-refractivity contribution is 0.112. The summed E-state index contributed by atoms with van der Waals surface area (Å²) in [4.78, 5) is 12.8. The second-order valence-corrected chi connectivity index (χ2v) is 5.08. The van der Waals surface area contributed by atoms with E-state index in [1.165, 1.54) is 4.90 Å². The van der Waals surface area contributed by atoms with Gasteiger partial charge in [0.15, 0.2) is 0 Å². The van der Waals surface area contributed by atoms with Crippen LogP contribution in [0.5, 0.6) is 0 Å². The average Bonchev–Trinajstić information content (AvgIpc) is 2.90. The van der Waals surface area contributed by atoms with Gasteiger partial charge in [-0.1, -0.05) is 0 Å². The van der Waals surface area contributed by atoms with E-state index in [1.54, 1.807) is 11.8 Å². The van der Waals surface area contributed by atoms with Crippen molar-refractivity contribution in [1.29, 1.82) is 0 Å². The van der Waals surface area contributed by atoms with Crippen LogP contribution < -0.4 is 10.6 Å². The summed E-state index contributed by atoms with van der Waals surface area (Å²) in [6.07, 6.45) is 4.32. The van der Waals surface area contributed by atoms with Crippen LogP contribution in [0, 0.1) is 0 Å². The molecule has 1 fully saturated rings. The summed E-state index contributed by atoms with van der Waals surface area (Å²) in [6, 6.07) is 7.60. The van der Waals surface area contributed by atoms with Crippen LogP contribution >= 0.6 is 11.8 Å². The number of carbonyl (C=O) groups excluding carboxylic acids is 1. The first-order chi connectivity index (χ1) is 8.78. The quantitative estimate of drug-likeness (QED) is 0.824. The Morgan fingerprint density at radius 3 is 2.83 bits per heavy atom. The molecule has 0 bridgehead atoms. The summed E-state index contributed by atoms with van der Waals surface area (Å²) in [5.41, 5.74) is 0.803. The van der Waals surface area contributed by atoms with Crippen LogP contribution in [0.1, 0.15) is 12.8 Å². The van der Waals surface area contributed by atoms with Crippen molar-refractivity contribution >= 4 is 23.5 Å². The molecule has 18 heavy (non-hydrogen) atoms. The number of anilines is 1. The van der Waals surface area contributed by atoms with Gasteiger partial charge in [-0.15, -0.1) is 11.8 Å². The molecular weight excluding hydrogens is 248 g/mol. The standard InChI is InChI=1S/C13H18N2O2S/c1-18-12-6-4-10(5-7-12)15-13(16)14-9-11-3-2-8-17-11/h4-7,11H,2-3,8-9H2,1H3,(H2,14,15,16)/t11-/m0/s1. The lowest BCUT2D eigenvalue weighted by Gasteiger charge is -2.11. The number of amides is 2. The highest BCUT2D eigenvalue weighted by molar-refractivity contribution is 7.98. The van der Waals surface area contributed by atoms with Gasteiger partial charge >= 0.3 is 6.03 Å². The van der Waals surface area contributed by atoms with Crippen molar-refractivity contribution in [3.63, 3.8) is 0 Å². The zero-order valence-electron chi connectivity index (χ0n) is 10.4. The molecule has 1 aliphatic rings. The first-order valence-electron chi connectivity index (χ1n) is 6.08. The number of rotatable bonds is 4. The fourth-order valence-electron chi connectivity index (χ4n) is 1.86. The normalized spacial score (nSPS) is 18.6. The largest absolute Gasteiger partial charge is 0.376 e. The number of hydrogen-bond acceptors (Lipinski definition) is 3. The van der Waals surface area contributed by atoms with E-state index >= 15 is 0 Å². The van der Waals surface area contributed by atoms with Crippen LogP contribution in [0.2, 0.25) is 0 Å². The van der Waals surface area contributed by atoms with Crippen molar-refractivity contribution in [3.8, 4) is 0 Å². The predicted molar refractivity (Wildman–Crippen MR) is 74.2 cm³/mol. The van der Waals surface area contributed by atoms with Crippen molar-refractivity contribution < 1.29 is 9.53 Å². The van der Waals surface area contributed by atoms with Gasteiger partial charge in [0.1, 0.15) is 0 Å². The highest BCUT2D eigenvalue weighted by Gasteiger charge is 2.15. The Labute approximate surface area is 111 Å². The van der Waals surface area contributed by atoms with E-state index in [1.807, 2.05) is 30.5 Å². The lowest BCUT2D eigenvalue weighted by atomic mass is 10.2. The SMILES string of the molecule is CSc1ccc(NC(=O)NC[C@@H]2CCCO2)cc1.